The van der Waals surface area contributed by atoms with Crippen molar-refractivity contribution >= 4 is 50.0 Å². The maximum absolute atomic E-state index is 13.5. The molecule has 5 N–H and O–H groups in total. The van der Waals surface area contributed by atoms with Crippen LogP contribution in [0.2, 0.25) is 0 Å². The minimum absolute atomic E-state index is 0.0489. The first kappa shape index (κ1) is 28.8. The van der Waals surface area contributed by atoms with Gasteiger partial charge < -0.3 is 39.1 Å². The highest BCUT2D eigenvalue weighted by Crippen LogP contribution is 2.48. The van der Waals surface area contributed by atoms with E-state index in [4.69, 9.17) is 13.6 Å². The monoisotopic (exact) mass is 620 g/mol. The van der Waals surface area contributed by atoms with Crippen LogP contribution in [0, 0.1) is 0 Å². The highest BCUT2D eigenvalue weighted by atomic mass is 16.5. The molecule has 0 fully saturated rings. The van der Waals surface area contributed by atoms with E-state index >= 15 is 0 Å². The molecule has 3 heterocycles. The van der Waals surface area contributed by atoms with Gasteiger partial charge in [-0.1, -0.05) is 29.9 Å². The lowest BCUT2D eigenvalue weighted by atomic mass is 9.81. The second kappa shape index (κ2) is 10.1. The number of phenolic OH excluding ortho intramolecular Hbond substituents is 5. The van der Waals surface area contributed by atoms with Gasteiger partial charge in [0, 0.05) is 23.5 Å². The number of phenols is 5. The second-order valence-corrected chi connectivity index (χ2v) is 12.0. The maximum Gasteiger partial charge on any atom is 0.204 e. The molecule has 10 heteroatoms. The average Bonchev–Trinajstić information content (AvgIpc) is 3.00. The third-order valence-corrected chi connectivity index (χ3v) is 8.38. The summed E-state index contributed by atoms with van der Waals surface area (Å²) in [6, 6.07) is 11.4. The smallest absolute Gasteiger partial charge is 0.204 e. The van der Waals surface area contributed by atoms with Crippen molar-refractivity contribution in [3.8, 4) is 34.5 Å². The van der Waals surface area contributed by atoms with Crippen LogP contribution in [0.4, 0.5) is 0 Å². The lowest BCUT2D eigenvalue weighted by Gasteiger charge is -2.37. The van der Waals surface area contributed by atoms with Crippen molar-refractivity contribution in [2.75, 3.05) is 0 Å². The van der Waals surface area contributed by atoms with E-state index in [0.717, 1.165) is 11.1 Å². The van der Waals surface area contributed by atoms with Gasteiger partial charge in [0.05, 0.1) is 10.8 Å². The van der Waals surface area contributed by atoms with E-state index in [1.807, 2.05) is 20.8 Å². The number of aromatic hydroxyl groups is 5. The molecule has 0 bridgehead atoms. The Morgan fingerprint density at radius 1 is 0.783 bits per heavy atom. The van der Waals surface area contributed by atoms with Crippen LogP contribution in [0.3, 0.4) is 0 Å². The zero-order valence-electron chi connectivity index (χ0n) is 24.9. The summed E-state index contributed by atoms with van der Waals surface area (Å²) >= 11 is 0. The predicted octanol–water partition coefficient (Wildman–Crippen LogP) is 7.04. The third kappa shape index (κ3) is 4.33. The Hall–Kier alpha value is -5.90. The molecule has 6 aromatic rings. The molecular weight excluding hydrogens is 592 g/mol. The van der Waals surface area contributed by atoms with Gasteiger partial charge in [0.25, 0.3) is 0 Å². The number of ether oxygens (including phenoxy) is 1. The summed E-state index contributed by atoms with van der Waals surface area (Å²) in [6.45, 7) is 5.73. The van der Waals surface area contributed by atoms with Gasteiger partial charge in [0.2, 0.25) is 10.9 Å². The lowest BCUT2D eigenvalue weighted by Crippen LogP contribution is -2.36. The van der Waals surface area contributed by atoms with Gasteiger partial charge in [-0.25, -0.2) is 0 Å². The Kier molecular flexibility index (Phi) is 6.31. The van der Waals surface area contributed by atoms with Crippen molar-refractivity contribution in [3.63, 3.8) is 0 Å². The SMILES string of the molecule is CC(C)=CC1CC(C)(C=Cc2cc(O)c3c(=O)c4cccc(O)c4oc3c2O)Oc2c1ccc1c(=O)c3c(O)ccc(O)c3oc21. The molecule has 0 aliphatic carbocycles. The number of para-hydroxylation sites is 1. The molecule has 232 valence electrons. The number of rotatable bonds is 3. The van der Waals surface area contributed by atoms with Crippen LogP contribution in [-0.2, 0) is 0 Å². The van der Waals surface area contributed by atoms with Crippen molar-refractivity contribution in [1.29, 1.82) is 0 Å². The van der Waals surface area contributed by atoms with Crippen LogP contribution >= 0.6 is 0 Å². The molecule has 0 radical (unpaired) electrons. The van der Waals surface area contributed by atoms with Gasteiger partial charge in [-0.3, -0.25) is 9.59 Å². The molecule has 10 nitrogen and oxygen atoms in total. The Morgan fingerprint density at radius 2 is 1.43 bits per heavy atom. The Bertz CT molecular complexity index is 2460. The first-order valence-corrected chi connectivity index (χ1v) is 14.5. The van der Waals surface area contributed by atoms with Gasteiger partial charge in [-0.05, 0) is 63.2 Å². The Morgan fingerprint density at radius 3 is 2.17 bits per heavy atom. The Balaban J connectivity index is 1.40. The topological polar surface area (TPSA) is 171 Å². The van der Waals surface area contributed by atoms with Gasteiger partial charge >= 0.3 is 0 Å². The van der Waals surface area contributed by atoms with E-state index in [0.29, 0.717) is 6.42 Å². The molecule has 4 aromatic carbocycles. The fraction of sp³-hybridized carbons (Fsp3) is 0.167. The van der Waals surface area contributed by atoms with E-state index in [1.54, 1.807) is 18.2 Å². The fourth-order valence-corrected chi connectivity index (χ4v) is 6.26. The highest BCUT2D eigenvalue weighted by molar-refractivity contribution is 6.00. The summed E-state index contributed by atoms with van der Waals surface area (Å²) in [5.74, 6) is -1.70. The maximum atomic E-state index is 13.5. The number of hydrogen-bond donors (Lipinski definition) is 5. The van der Waals surface area contributed by atoms with Gasteiger partial charge in [0.15, 0.2) is 45.3 Å². The Labute approximate surface area is 259 Å². The van der Waals surface area contributed by atoms with Crippen LogP contribution in [0.1, 0.15) is 44.2 Å². The number of fused-ring (bicyclic) bond motifs is 6. The first-order valence-electron chi connectivity index (χ1n) is 14.5. The highest BCUT2D eigenvalue weighted by Gasteiger charge is 2.37. The van der Waals surface area contributed by atoms with Crippen LogP contribution in [-0.4, -0.2) is 31.1 Å². The minimum Gasteiger partial charge on any atom is -0.507 e. The third-order valence-electron chi connectivity index (χ3n) is 8.38. The summed E-state index contributed by atoms with van der Waals surface area (Å²) < 4.78 is 18.4. The quantitative estimate of drug-likeness (QED) is 0.0785. The largest absolute Gasteiger partial charge is 0.507 e. The number of allylic oxidation sites excluding steroid dienone is 2. The molecule has 2 aromatic heterocycles. The molecule has 2 unspecified atom stereocenters. The predicted molar refractivity (Wildman–Crippen MR) is 173 cm³/mol. The van der Waals surface area contributed by atoms with E-state index < -0.39 is 28.0 Å². The van der Waals surface area contributed by atoms with Crippen molar-refractivity contribution in [3.05, 3.63) is 97.8 Å². The normalized spacial score (nSPS) is 17.9. The molecule has 0 amide bonds. The number of hydrogen-bond acceptors (Lipinski definition) is 10. The second-order valence-electron chi connectivity index (χ2n) is 12.0. The molecule has 2 atom stereocenters. The van der Waals surface area contributed by atoms with E-state index in [2.05, 4.69) is 6.08 Å². The molecule has 7 rings (SSSR count). The van der Waals surface area contributed by atoms with Gasteiger partial charge in [-0.2, -0.15) is 0 Å². The molecule has 1 aliphatic heterocycles. The summed E-state index contributed by atoms with van der Waals surface area (Å²) in [4.78, 5) is 26.6. The minimum atomic E-state index is -1.06. The van der Waals surface area contributed by atoms with Crippen LogP contribution in [0.15, 0.2) is 84.7 Å². The summed E-state index contributed by atoms with van der Waals surface area (Å²) in [6.07, 6.45) is 5.70. The molecule has 1 aliphatic rings. The van der Waals surface area contributed by atoms with Gasteiger partial charge in [-0.15, -0.1) is 0 Å². The van der Waals surface area contributed by atoms with Crippen LogP contribution in [0.5, 0.6) is 34.5 Å². The molecule has 0 saturated carbocycles. The van der Waals surface area contributed by atoms with E-state index in [1.165, 1.54) is 42.5 Å². The first-order chi connectivity index (χ1) is 21.9. The summed E-state index contributed by atoms with van der Waals surface area (Å²) in [5, 5.41) is 53.0. The van der Waals surface area contributed by atoms with Crippen molar-refractivity contribution in [1.82, 2.24) is 0 Å². The van der Waals surface area contributed by atoms with Crippen LogP contribution in [0.25, 0.3) is 50.0 Å². The van der Waals surface area contributed by atoms with E-state index in [9.17, 15) is 35.1 Å². The van der Waals surface area contributed by atoms with Crippen molar-refractivity contribution < 1.29 is 39.1 Å². The average molecular weight is 621 g/mol. The van der Waals surface area contributed by atoms with Crippen molar-refractivity contribution in [2.45, 2.75) is 38.7 Å². The number of benzene rings is 4. The molecule has 0 saturated heterocycles. The van der Waals surface area contributed by atoms with Crippen LogP contribution < -0.4 is 15.6 Å². The standard InChI is InChI=1S/C36H28O10/c1-16(2)13-18-15-36(3,46-33-19(18)7-8-21-30(43)26-22(37)9-10-24(39)34(26)45-32(21)33)12-11-17-14-25(40)27-29(42)20-5-4-6-23(38)31(20)44-35(27)28(17)41/h4-14,18,37-41H,15H2,1-3H3. The summed E-state index contributed by atoms with van der Waals surface area (Å²) in [7, 11) is 0. The molecular formula is C36H28O10. The zero-order valence-corrected chi connectivity index (χ0v) is 24.9. The van der Waals surface area contributed by atoms with E-state index in [-0.39, 0.29) is 78.4 Å². The van der Waals surface area contributed by atoms with Crippen molar-refractivity contribution in [2.24, 2.45) is 0 Å². The summed E-state index contributed by atoms with van der Waals surface area (Å²) in [5.41, 5.74) is -0.790. The molecule has 0 spiro atoms. The molecule has 46 heavy (non-hydrogen) atoms. The zero-order chi connectivity index (χ0) is 32.7. The van der Waals surface area contributed by atoms with Gasteiger partial charge in [0.1, 0.15) is 27.9 Å². The fourth-order valence-electron chi connectivity index (χ4n) is 6.26. The lowest BCUT2D eigenvalue weighted by molar-refractivity contribution is 0.109.